The molecule has 1 aliphatic heterocycles. The average molecular weight is 512 g/mol. The first-order valence-electron chi connectivity index (χ1n) is 10.3. The zero-order valence-electron chi connectivity index (χ0n) is 18.9. The van der Waals surface area contributed by atoms with Gasteiger partial charge in [-0.05, 0) is 13.8 Å². The summed E-state index contributed by atoms with van der Waals surface area (Å²) < 4.78 is 63.5. The molecule has 2 heterocycles. The number of alkyl halides is 6. The van der Waals surface area contributed by atoms with E-state index in [-0.39, 0.29) is 0 Å². The molecule has 1 saturated heterocycles. The Kier molecular flexibility index (Phi) is 11.2. The lowest BCUT2D eigenvalue weighted by Crippen LogP contribution is -2.48. The second-order valence-corrected chi connectivity index (χ2v) is 7.63. The lowest BCUT2D eigenvalue weighted by Gasteiger charge is -2.36. The van der Waals surface area contributed by atoms with Gasteiger partial charge < -0.3 is 15.2 Å². The first-order chi connectivity index (χ1) is 16.1. The van der Waals surface area contributed by atoms with Gasteiger partial charge in [0, 0.05) is 56.2 Å². The lowest BCUT2D eigenvalue weighted by atomic mass is 10.2. The number of aromatic nitrogens is 2. The zero-order chi connectivity index (χ0) is 26.8. The van der Waals surface area contributed by atoms with Crippen molar-refractivity contribution < 1.29 is 46.1 Å². The Balaban J connectivity index is 0.000000362. The van der Waals surface area contributed by atoms with Crippen molar-refractivity contribution >= 4 is 11.9 Å². The molecule has 0 aliphatic carbocycles. The third kappa shape index (κ3) is 11.2. The van der Waals surface area contributed by atoms with Crippen molar-refractivity contribution in [3.05, 3.63) is 42.2 Å². The van der Waals surface area contributed by atoms with Crippen LogP contribution in [0.15, 0.2) is 36.5 Å². The maximum absolute atomic E-state index is 10.6. The highest BCUT2D eigenvalue weighted by Crippen LogP contribution is 2.16. The number of carbonyl (C=O) groups is 2. The molecule has 1 fully saturated rings. The summed E-state index contributed by atoms with van der Waals surface area (Å²) in [6.45, 7) is 10.1. The van der Waals surface area contributed by atoms with E-state index in [2.05, 4.69) is 45.7 Å². The monoisotopic (exact) mass is 512 g/mol. The average Bonchev–Trinajstić information content (AvgIpc) is 3.23. The first kappa shape index (κ1) is 29.9. The molecule has 0 unspecified atom stereocenters. The summed E-state index contributed by atoms with van der Waals surface area (Å²) in [7, 11) is 0. The molecule has 14 heteroatoms. The van der Waals surface area contributed by atoms with Crippen LogP contribution in [0.1, 0.15) is 19.5 Å². The van der Waals surface area contributed by atoms with Crippen LogP contribution in [0, 0.1) is 0 Å². The summed E-state index contributed by atoms with van der Waals surface area (Å²) in [5.74, 6) is -4.55. The smallest absolute Gasteiger partial charge is 0.475 e. The molecule has 8 nitrogen and oxygen atoms in total. The van der Waals surface area contributed by atoms with Crippen LogP contribution < -0.4 is 0 Å². The molecule has 2 aromatic rings. The molecule has 0 bridgehead atoms. The van der Waals surface area contributed by atoms with Crippen LogP contribution >= 0.6 is 0 Å². The number of halogens is 6. The fourth-order valence-corrected chi connectivity index (χ4v) is 2.86. The van der Waals surface area contributed by atoms with Gasteiger partial charge in [-0.2, -0.15) is 26.3 Å². The van der Waals surface area contributed by atoms with Gasteiger partial charge in [-0.15, -0.1) is 0 Å². The highest BCUT2D eigenvalue weighted by molar-refractivity contribution is 5.73. The number of hydrogen-bond donors (Lipinski definition) is 3. The van der Waals surface area contributed by atoms with Crippen LogP contribution in [0.5, 0.6) is 0 Å². The van der Waals surface area contributed by atoms with Crippen LogP contribution in [0.3, 0.4) is 0 Å². The van der Waals surface area contributed by atoms with E-state index in [0.717, 1.165) is 44.1 Å². The standard InChI is InChI=1S/C17H24N4.2C2HF3O2/c1-14(2)21-10-8-20(9-11-21)13-16-12-18-17(19-16)15-6-4-3-5-7-15;2*3-2(4,5)1(6)7/h3-7,12,14H,8-11,13H2,1-2H3,(H,18,19);2*(H,6,7). The lowest BCUT2D eigenvalue weighted by molar-refractivity contribution is -0.193. The molecule has 0 amide bonds. The summed E-state index contributed by atoms with van der Waals surface area (Å²) in [5.41, 5.74) is 2.35. The van der Waals surface area contributed by atoms with Crippen molar-refractivity contribution in [1.29, 1.82) is 0 Å². The molecule has 35 heavy (non-hydrogen) atoms. The largest absolute Gasteiger partial charge is 0.490 e. The number of carboxylic acid groups (broad SMARTS) is 2. The van der Waals surface area contributed by atoms with Crippen LogP contribution in [-0.4, -0.2) is 86.5 Å². The van der Waals surface area contributed by atoms with Crippen LogP contribution in [0.2, 0.25) is 0 Å². The molecule has 1 aromatic heterocycles. The van der Waals surface area contributed by atoms with Gasteiger partial charge in [-0.3, -0.25) is 9.80 Å². The van der Waals surface area contributed by atoms with Gasteiger partial charge >= 0.3 is 24.3 Å². The molecule has 0 spiro atoms. The normalized spacial score (nSPS) is 15.0. The molecule has 1 aromatic carbocycles. The highest BCUT2D eigenvalue weighted by atomic mass is 19.4. The van der Waals surface area contributed by atoms with E-state index in [9.17, 15) is 26.3 Å². The van der Waals surface area contributed by atoms with Gasteiger partial charge in [-0.1, -0.05) is 30.3 Å². The van der Waals surface area contributed by atoms with Gasteiger partial charge in [0.1, 0.15) is 5.82 Å². The molecule has 0 radical (unpaired) electrons. The van der Waals surface area contributed by atoms with Crippen molar-refractivity contribution in [2.45, 2.75) is 38.8 Å². The Bertz CT molecular complexity index is 900. The van der Waals surface area contributed by atoms with E-state index in [4.69, 9.17) is 19.8 Å². The Labute approximate surface area is 197 Å². The second kappa shape index (κ2) is 13.1. The van der Waals surface area contributed by atoms with Gasteiger partial charge in [-0.25, -0.2) is 14.6 Å². The summed E-state index contributed by atoms with van der Waals surface area (Å²) in [5, 5.41) is 14.2. The molecule has 0 saturated carbocycles. The maximum atomic E-state index is 10.6. The van der Waals surface area contributed by atoms with Crippen LogP contribution in [0.4, 0.5) is 26.3 Å². The number of piperazine rings is 1. The Morgan fingerprint density at radius 1 is 0.943 bits per heavy atom. The predicted molar refractivity (Wildman–Crippen MR) is 113 cm³/mol. The quantitative estimate of drug-likeness (QED) is 0.534. The summed E-state index contributed by atoms with van der Waals surface area (Å²) >= 11 is 0. The van der Waals surface area contributed by atoms with Crippen molar-refractivity contribution in [2.75, 3.05) is 26.2 Å². The maximum Gasteiger partial charge on any atom is 0.490 e. The number of carboxylic acids is 2. The van der Waals surface area contributed by atoms with Crippen molar-refractivity contribution in [3.63, 3.8) is 0 Å². The van der Waals surface area contributed by atoms with Crippen molar-refractivity contribution in [3.8, 4) is 11.4 Å². The number of nitrogens with one attached hydrogen (secondary N) is 1. The fourth-order valence-electron chi connectivity index (χ4n) is 2.86. The Hall–Kier alpha value is -3.13. The number of H-pyrrole nitrogens is 1. The number of aliphatic carboxylic acids is 2. The molecular formula is C21H26F6N4O4. The fraction of sp³-hybridized carbons (Fsp3) is 0.476. The first-order valence-corrected chi connectivity index (χ1v) is 10.3. The van der Waals surface area contributed by atoms with E-state index in [1.807, 2.05) is 24.4 Å². The summed E-state index contributed by atoms with van der Waals surface area (Å²) in [6.07, 6.45) is -8.20. The van der Waals surface area contributed by atoms with Gasteiger partial charge in [0.05, 0.1) is 0 Å². The number of nitrogens with zero attached hydrogens (tertiary/aromatic N) is 3. The SMILES string of the molecule is CC(C)N1CCN(Cc2cnc(-c3ccccc3)[nH]2)CC1.O=C(O)C(F)(F)F.O=C(O)C(F)(F)F. The highest BCUT2D eigenvalue weighted by Gasteiger charge is 2.38. The second-order valence-electron chi connectivity index (χ2n) is 7.63. The molecule has 1 aliphatic rings. The summed E-state index contributed by atoms with van der Waals surface area (Å²) in [6, 6.07) is 10.9. The van der Waals surface area contributed by atoms with Gasteiger partial charge in [0.2, 0.25) is 0 Å². The van der Waals surface area contributed by atoms with E-state index >= 15 is 0 Å². The van der Waals surface area contributed by atoms with Crippen LogP contribution in [-0.2, 0) is 16.1 Å². The molecule has 3 N–H and O–H groups in total. The van der Waals surface area contributed by atoms with Crippen LogP contribution in [0.25, 0.3) is 11.4 Å². The van der Waals surface area contributed by atoms with E-state index in [1.54, 1.807) is 0 Å². The minimum atomic E-state index is -5.08. The Morgan fingerprint density at radius 3 is 1.80 bits per heavy atom. The zero-order valence-corrected chi connectivity index (χ0v) is 18.9. The van der Waals surface area contributed by atoms with Gasteiger partial charge in [0.25, 0.3) is 0 Å². The molecular weight excluding hydrogens is 486 g/mol. The number of benzene rings is 1. The molecule has 196 valence electrons. The number of imidazole rings is 1. The summed E-state index contributed by atoms with van der Waals surface area (Å²) in [4.78, 5) is 30.8. The minimum absolute atomic E-state index is 0.656. The number of aromatic amines is 1. The molecule has 3 rings (SSSR count). The van der Waals surface area contributed by atoms with Crippen molar-refractivity contribution in [1.82, 2.24) is 19.8 Å². The molecule has 0 atom stereocenters. The van der Waals surface area contributed by atoms with E-state index < -0.39 is 24.3 Å². The van der Waals surface area contributed by atoms with E-state index in [0.29, 0.717) is 6.04 Å². The third-order valence-corrected chi connectivity index (χ3v) is 4.69. The Morgan fingerprint density at radius 2 is 1.40 bits per heavy atom. The topological polar surface area (TPSA) is 110 Å². The number of rotatable bonds is 4. The minimum Gasteiger partial charge on any atom is -0.475 e. The third-order valence-electron chi connectivity index (χ3n) is 4.69. The number of hydrogen-bond acceptors (Lipinski definition) is 5. The van der Waals surface area contributed by atoms with Gasteiger partial charge in [0.15, 0.2) is 0 Å². The predicted octanol–water partition coefficient (Wildman–Crippen LogP) is 3.87. The van der Waals surface area contributed by atoms with E-state index in [1.165, 1.54) is 5.69 Å². The van der Waals surface area contributed by atoms with Crippen molar-refractivity contribution in [2.24, 2.45) is 0 Å².